The van der Waals surface area contributed by atoms with Gasteiger partial charge in [-0.3, -0.25) is 4.79 Å². The van der Waals surface area contributed by atoms with Crippen molar-refractivity contribution >= 4 is 36.2 Å². The van der Waals surface area contributed by atoms with Crippen molar-refractivity contribution in [1.82, 2.24) is 0 Å². The van der Waals surface area contributed by atoms with E-state index < -0.39 is 20.1 Å². The molecule has 2 rings (SSSR count). The number of nitrogens with two attached hydrogens (primary N) is 1. The third-order valence-electron chi connectivity index (χ3n) is 3.83. The zero-order valence-electron chi connectivity index (χ0n) is 12.6. The summed E-state index contributed by atoms with van der Waals surface area (Å²) in [5.74, 6) is -0.493. The first-order chi connectivity index (χ1) is 10.5. The van der Waals surface area contributed by atoms with Gasteiger partial charge in [0.25, 0.3) is 0 Å². The quantitative estimate of drug-likeness (QED) is 0.756. The topological polar surface area (TPSA) is 63.3 Å². The molecule has 3 nitrogen and oxygen atoms in total. The Hall–Kier alpha value is -1.56. The lowest BCUT2D eigenvalue weighted by Crippen LogP contribution is -2.58. The summed E-state index contributed by atoms with van der Waals surface area (Å²) in [7, 11) is -1.89. The Morgan fingerprint density at radius 1 is 1.09 bits per heavy atom. The molecule has 3 N–H and O–H groups in total. The average Bonchev–Trinajstić information content (AvgIpc) is 2.56. The highest BCUT2D eigenvalue weighted by atomic mass is 32.2. The maximum absolute atomic E-state index is 10.9. The zero-order chi connectivity index (χ0) is 16.0. The molecule has 0 aromatic heterocycles. The van der Waals surface area contributed by atoms with E-state index in [-0.39, 0.29) is 0 Å². The first kappa shape index (κ1) is 16.8. The molecule has 1 unspecified atom stereocenters. The van der Waals surface area contributed by atoms with Crippen LogP contribution in [0.5, 0.6) is 0 Å². The van der Waals surface area contributed by atoms with Crippen molar-refractivity contribution in [2.45, 2.75) is 12.6 Å². The third kappa shape index (κ3) is 4.00. The van der Waals surface area contributed by atoms with Gasteiger partial charge in [0.2, 0.25) is 0 Å². The smallest absolute Gasteiger partial charge is 0.321 e. The number of thioether (sulfide) groups is 1. The van der Waals surface area contributed by atoms with Crippen molar-refractivity contribution in [3.05, 3.63) is 60.7 Å². The van der Waals surface area contributed by atoms with Gasteiger partial charge in [-0.05, 0) is 5.38 Å². The Kier molecular flexibility index (Phi) is 5.82. The van der Waals surface area contributed by atoms with E-state index in [0.717, 1.165) is 5.38 Å². The number of rotatable bonds is 7. The third-order valence-corrected chi connectivity index (χ3v) is 10.8. The van der Waals surface area contributed by atoms with Crippen molar-refractivity contribution in [2.75, 3.05) is 11.1 Å². The molecule has 0 bridgehead atoms. The van der Waals surface area contributed by atoms with Gasteiger partial charge in [-0.15, -0.1) is 0 Å². The number of hydrogen-bond acceptors (Lipinski definition) is 3. The van der Waals surface area contributed by atoms with Crippen molar-refractivity contribution in [1.29, 1.82) is 0 Å². The summed E-state index contributed by atoms with van der Waals surface area (Å²) in [4.78, 5) is 10.9. The number of aliphatic carboxylic acids is 1. The molecule has 0 spiro atoms. The predicted molar refractivity (Wildman–Crippen MR) is 96.7 cm³/mol. The Labute approximate surface area is 136 Å². The van der Waals surface area contributed by atoms with E-state index in [1.807, 2.05) is 12.1 Å². The lowest BCUT2D eigenvalue weighted by molar-refractivity contribution is -0.137. The number of hydrogen-bond donors (Lipinski definition) is 2. The minimum atomic E-state index is -1.89. The van der Waals surface area contributed by atoms with E-state index >= 15 is 0 Å². The molecule has 0 saturated heterocycles. The number of carboxylic acids is 1. The molecule has 5 heteroatoms. The predicted octanol–water partition coefficient (Wildman–Crippen LogP) is 1.56. The summed E-state index contributed by atoms with van der Waals surface area (Å²) in [6.45, 7) is 2.33. The van der Waals surface area contributed by atoms with Crippen LogP contribution in [-0.4, -0.2) is 36.3 Å². The molecule has 1 atom stereocenters. The molecule has 116 valence electrons. The molecule has 0 aliphatic heterocycles. The summed E-state index contributed by atoms with van der Waals surface area (Å²) in [5.41, 5.74) is 5.62. The van der Waals surface area contributed by atoms with Crippen LogP contribution in [0.25, 0.3) is 0 Å². The van der Waals surface area contributed by atoms with Crippen LogP contribution >= 0.6 is 11.8 Å². The van der Waals surface area contributed by atoms with E-state index in [4.69, 9.17) is 10.8 Å². The highest BCUT2D eigenvalue weighted by Crippen LogP contribution is 2.14. The molecule has 0 fully saturated rings. The fourth-order valence-electron chi connectivity index (χ4n) is 2.41. The molecule has 2 aromatic rings. The van der Waals surface area contributed by atoms with Gasteiger partial charge in [0.1, 0.15) is 14.1 Å². The van der Waals surface area contributed by atoms with Gasteiger partial charge in [-0.25, -0.2) is 0 Å². The van der Waals surface area contributed by atoms with Crippen LogP contribution in [0.15, 0.2) is 60.7 Å². The molecule has 0 aliphatic rings. The number of carboxylic acid groups (broad SMARTS) is 1. The minimum Gasteiger partial charge on any atom is -0.480 e. The van der Waals surface area contributed by atoms with E-state index in [0.29, 0.717) is 5.75 Å². The van der Waals surface area contributed by atoms with E-state index in [2.05, 4.69) is 55.1 Å². The second-order valence-corrected chi connectivity index (χ2v) is 11.2. The van der Waals surface area contributed by atoms with Gasteiger partial charge < -0.3 is 10.8 Å². The van der Waals surface area contributed by atoms with Crippen LogP contribution in [0, 0.1) is 0 Å². The lowest BCUT2D eigenvalue weighted by atomic mass is 10.4. The zero-order valence-corrected chi connectivity index (χ0v) is 14.4. The van der Waals surface area contributed by atoms with Gasteiger partial charge in [0, 0.05) is 5.75 Å². The molecule has 0 aliphatic carbocycles. The first-order valence-electron chi connectivity index (χ1n) is 7.21. The Bertz CT molecular complexity index is 567. The Balaban J connectivity index is 2.22. The van der Waals surface area contributed by atoms with Gasteiger partial charge in [-0.1, -0.05) is 77.6 Å². The molecule has 2 aromatic carbocycles. The SMILES string of the molecule is C[Si](CSCC(N)C(=O)O)(c1ccccc1)c1ccccc1. The summed E-state index contributed by atoms with van der Waals surface area (Å²) in [6, 6.07) is 20.2. The monoisotopic (exact) mass is 331 g/mol. The molecule has 0 amide bonds. The van der Waals surface area contributed by atoms with Gasteiger partial charge in [0.15, 0.2) is 0 Å². The summed E-state index contributed by atoms with van der Waals surface area (Å²) < 4.78 is 0. The van der Waals surface area contributed by atoms with Crippen LogP contribution in [-0.2, 0) is 4.79 Å². The maximum Gasteiger partial charge on any atom is 0.321 e. The van der Waals surface area contributed by atoms with Crippen molar-refractivity contribution in [3.63, 3.8) is 0 Å². The molecule has 0 radical (unpaired) electrons. The van der Waals surface area contributed by atoms with E-state index in [1.54, 1.807) is 11.8 Å². The highest BCUT2D eigenvalue weighted by molar-refractivity contribution is 8.01. The highest BCUT2D eigenvalue weighted by Gasteiger charge is 2.31. The fourth-order valence-corrected chi connectivity index (χ4v) is 8.43. The van der Waals surface area contributed by atoms with Crippen LogP contribution in [0.2, 0.25) is 6.55 Å². The molecule has 0 heterocycles. The average molecular weight is 332 g/mol. The number of benzene rings is 2. The van der Waals surface area contributed by atoms with Crippen molar-refractivity contribution in [3.8, 4) is 0 Å². The Morgan fingerprint density at radius 3 is 1.95 bits per heavy atom. The van der Waals surface area contributed by atoms with Crippen molar-refractivity contribution in [2.24, 2.45) is 5.73 Å². The van der Waals surface area contributed by atoms with Gasteiger partial charge >= 0.3 is 5.97 Å². The summed E-state index contributed by atoms with van der Waals surface area (Å²) >= 11 is 1.64. The molecular formula is C17H21NO2SSi. The fraction of sp³-hybridized carbons (Fsp3) is 0.235. The standard InChI is InChI=1S/C17H21NO2SSi/c1-22(14-8-4-2-5-9-14,15-10-6-3-7-11-15)13-21-12-16(18)17(19)20/h2-11,16H,12-13,18H2,1H3,(H,19,20). The van der Waals surface area contributed by atoms with Crippen LogP contribution < -0.4 is 16.1 Å². The van der Waals surface area contributed by atoms with Crippen LogP contribution in [0.4, 0.5) is 0 Å². The molecular weight excluding hydrogens is 310 g/mol. The second kappa shape index (κ2) is 7.62. The molecule has 0 saturated carbocycles. The van der Waals surface area contributed by atoms with E-state index in [9.17, 15) is 4.79 Å². The number of carbonyl (C=O) groups is 1. The summed E-state index contributed by atoms with van der Waals surface area (Å²) in [6.07, 6.45) is 0. The van der Waals surface area contributed by atoms with Gasteiger partial charge in [0.05, 0.1) is 0 Å². The second-order valence-electron chi connectivity index (χ2n) is 5.52. The normalized spacial score (nSPS) is 12.8. The Morgan fingerprint density at radius 2 is 1.55 bits per heavy atom. The van der Waals surface area contributed by atoms with Gasteiger partial charge in [-0.2, -0.15) is 11.8 Å². The molecule has 22 heavy (non-hydrogen) atoms. The largest absolute Gasteiger partial charge is 0.480 e. The lowest BCUT2D eigenvalue weighted by Gasteiger charge is -2.28. The maximum atomic E-state index is 10.9. The first-order valence-corrected chi connectivity index (χ1v) is 11.1. The van der Waals surface area contributed by atoms with E-state index in [1.165, 1.54) is 10.4 Å². The van der Waals surface area contributed by atoms with Crippen molar-refractivity contribution < 1.29 is 9.90 Å². The minimum absolute atomic E-state index is 0.442. The van der Waals surface area contributed by atoms with Crippen LogP contribution in [0.3, 0.4) is 0 Å². The van der Waals surface area contributed by atoms with Crippen LogP contribution in [0.1, 0.15) is 0 Å². The summed E-state index contributed by atoms with van der Waals surface area (Å²) in [5, 5.41) is 12.6.